The van der Waals surface area contributed by atoms with Gasteiger partial charge in [0.05, 0.1) is 0 Å². The van der Waals surface area contributed by atoms with Crippen molar-refractivity contribution in [2.45, 2.75) is 47.0 Å². The predicted molar refractivity (Wildman–Crippen MR) is 68.7 cm³/mol. The van der Waals surface area contributed by atoms with Crippen LogP contribution < -0.4 is 0 Å². The van der Waals surface area contributed by atoms with Crippen molar-refractivity contribution >= 4 is 5.78 Å². The average molecular weight is 218 g/mol. The van der Waals surface area contributed by atoms with Gasteiger partial charge in [-0.2, -0.15) is 0 Å². The summed E-state index contributed by atoms with van der Waals surface area (Å²) in [6, 6.07) is 6.52. The molecule has 0 saturated carbocycles. The number of aryl methyl sites for hydroxylation is 3. The van der Waals surface area contributed by atoms with Crippen LogP contribution in [0.1, 0.15) is 43.4 Å². The highest BCUT2D eigenvalue weighted by atomic mass is 16.1. The Morgan fingerprint density at radius 1 is 1.12 bits per heavy atom. The predicted octanol–water partition coefficient (Wildman–Crippen LogP) is 3.85. The lowest BCUT2D eigenvalue weighted by atomic mass is 9.99. The molecule has 0 unspecified atom stereocenters. The zero-order chi connectivity index (χ0) is 12.1. The van der Waals surface area contributed by atoms with Crippen molar-refractivity contribution in [1.82, 2.24) is 0 Å². The third-order valence-corrected chi connectivity index (χ3v) is 2.61. The third-order valence-electron chi connectivity index (χ3n) is 2.61. The van der Waals surface area contributed by atoms with E-state index in [0.717, 1.165) is 6.42 Å². The standard InChI is InChI=1S/C15H22O/c1-11(2)7-15(16)6-5-14-9-12(3)8-13(4)10-14/h8-11H,5-7H2,1-4H3. The van der Waals surface area contributed by atoms with Gasteiger partial charge in [-0.15, -0.1) is 0 Å². The largest absolute Gasteiger partial charge is 0.300 e. The van der Waals surface area contributed by atoms with E-state index in [1.165, 1.54) is 16.7 Å². The van der Waals surface area contributed by atoms with Gasteiger partial charge in [-0.05, 0) is 31.7 Å². The maximum atomic E-state index is 11.6. The molecule has 0 atom stereocenters. The second-order valence-corrected chi connectivity index (χ2v) is 5.13. The Bertz CT molecular complexity index is 343. The van der Waals surface area contributed by atoms with Gasteiger partial charge in [0.2, 0.25) is 0 Å². The van der Waals surface area contributed by atoms with Gasteiger partial charge >= 0.3 is 0 Å². The van der Waals surface area contributed by atoms with E-state index in [-0.39, 0.29) is 0 Å². The zero-order valence-electron chi connectivity index (χ0n) is 10.8. The van der Waals surface area contributed by atoms with Gasteiger partial charge in [-0.25, -0.2) is 0 Å². The van der Waals surface area contributed by atoms with Crippen LogP contribution in [0.2, 0.25) is 0 Å². The summed E-state index contributed by atoms with van der Waals surface area (Å²) in [7, 11) is 0. The molecule has 0 aliphatic rings. The van der Waals surface area contributed by atoms with Gasteiger partial charge in [0.1, 0.15) is 5.78 Å². The molecule has 1 rings (SSSR count). The highest BCUT2D eigenvalue weighted by Crippen LogP contribution is 2.12. The lowest BCUT2D eigenvalue weighted by molar-refractivity contribution is -0.119. The SMILES string of the molecule is Cc1cc(C)cc(CCC(=O)CC(C)C)c1. The molecule has 0 fully saturated rings. The molecule has 0 spiro atoms. The molecular weight excluding hydrogens is 196 g/mol. The molecule has 0 aliphatic carbocycles. The fourth-order valence-electron chi connectivity index (χ4n) is 2.05. The average Bonchev–Trinajstić information content (AvgIpc) is 2.12. The molecule has 0 amide bonds. The molecule has 1 aromatic carbocycles. The van der Waals surface area contributed by atoms with Crippen LogP contribution in [-0.4, -0.2) is 5.78 Å². The van der Waals surface area contributed by atoms with Crippen molar-refractivity contribution < 1.29 is 4.79 Å². The molecule has 0 bridgehead atoms. The first-order valence-corrected chi connectivity index (χ1v) is 6.06. The van der Waals surface area contributed by atoms with E-state index in [9.17, 15) is 4.79 Å². The van der Waals surface area contributed by atoms with E-state index >= 15 is 0 Å². The molecule has 0 heterocycles. The Morgan fingerprint density at radius 3 is 2.19 bits per heavy atom. The van der Waals surface area contributed by atoms with Crippen LogP contribution in [-0.2, 0) is 11.2 Å². The van der Waals surface area contributed by atoms with E-state index < -0.39 is 0 Å². The first kappa shape index (κ1) is 13.0. The van der Waals surface area contributed by atoms with Gasteiger partial charge in [0.25, 0.3) is 0 Å². The number of carbonyl (C=O) groups excluding carboxylic acids is 1. The number of Topliss-reactive ketones (excluding diaryl/α,β-unsaturated/α-hetero) is 1. The smallest absolute Gasteiger partial charge is 0.133 e. The molecule has 0 saturated heterocycles. The summed E-state index contributed by atoms with van der Waals surface area (Å²) in [5.74, 6) is 0.862. The van der Waals surface area contributed by atoms with Crippen molar-refractivity contribution in [2.24, 2.45) is 5.92 Å². The molecule has 1 aromatic rings. The Labute approximate surface area is 98.9 Å². The van der Waals surface area contributed by atoms with Gasteiger partial charge in [-0.3, -0.25) is 4.79 Å². The number of carbonyl (C=O) groups is 1. The summed E-state index contributed by atoms with van der Waals surface area (Å²) < 4.78 is 0. The van der Waals surface area contributed by atoms with Crippen LogP contribution >= 0.6 is 0 Å². The number of benzene rings is 1. The normalized spacial score (nSPS) is 10.8. The number of rotatable bonds is 5. The third kappa shape index (κ3) is 4.61. The minimum Gasteiger partial charge on any atom is -0.300 e. The van der Waals surface area contributed by atoms with Crippen LogP contribution in [0.3, 0.4) is 0 Å². The molecule has 1 heteroatoms. The highest BCUT2D eigenvalue weighted by Gasteiger charge is 2.05. The highest BCUT2D eigenvalue weighted by molar-refractivity contribution is 5.78. The fraction of sp³-hybridized carbons (Fsp3) is 0.533. The molecule has 16 heavy (non-hydrogen) atoms. The van der Waals surface area contributed by atoms with Crippen molar-refractivity contribution in [1.29, 1.82) is 0 Å². The van der Waals surface area contributed by atoms with Crippen molar-refractivity contribution in [3.63, 3.8) is 0 Å². The summed E-state index contributed by atoms with van der Waals surface area (Å²) in [4.78, 5) is 11.6. The number of hydrogen-bond donors (Lipinski definition) is 0. The number of hydrogen-bond acceptors (Lipinski definition) is 1. The van der Waals surface area contributed by atoms with Crippen molar-refractivity contribution in [3.05, 3.63) is 34.9 Å². The Hall–Kier alpha value is -1.11. The first-order chi connectivity index (χ1) is 7.47. The van der Waals surface area contributed by atoms with E-state index in [0.29, 0.717) is 24.5 Å². The first-order valence-electron chi connectivity index (χ1n) is 6.06. The fourth-order valence-corrected chi connectivity index (χ4v) is 2.05. The minimum absolute atomic E-state index is 0.383. The van der Waals surface area contributed by atoms with Crippen molar-refractivity contribution in [3.8, 4) is 0 Å². The summed E-state index contributed by atoms with van der Waals surface area (Å²) in [5, 5.41) is 0. The lowest BCUT2D eigenvalue weighted by Gasteiger charge is -2.06. The maximum Gasteiger partial charge on any atom is 0.133 e. The van der Waals surface area contributed by atoms with Gasteiger partial charge in [0, 0.05) is 12.8 Å². The Balaban J connectivity index is 2.51. The minimum atomic E-state index is 0.383. The van der Waals surface area contributed by atoms with Gasteiger partial charge < -0.3 is 0 Å². The molecule has 1 nitrogen and oxygen atoms in total. The Morgan fingerprint density at radius 2 is 1.69 bits per heavy atom. The van der Waals surface area contributed by atoms with Crippen LogP contribution in [0, 0.1) is 19.8 Å². The van der Waals surface area contributed by atoms with E-state index in [1.807, 2.05) is 0 Å². The molecule has 88 valence electrons. The van der Waals surface area contributed by atoms with E-state index in [4.69, 9.17) is 0 Å². The molecule has 0 aromatic heterocycles. The topological polar surface area (TPSA) is 17.1 Å². The second kappa shape index (κ2) is 5.83. The molecule has 0 aliphatic heterocycles. The van der Waals surface area contributed by atoms with Crippen LogP contribution in [0.15, 0.2) is 18.2 Å². The second-order valence-electron chi connectivity index (χ2n) is 5.13. The quantitative estimate of drug-likeness (QED) is 0.733. The zero-order valence-corrected chi connectivity index (χ0v) is 10.8. The monoisotopic (exact) mass is 218 g/mol. The Kier molecular flexibility index (Phi) is 4.72. The van der Waals surface area contributed by atoms with Gasteiger partial charge in [0.15, 0.2) is 0 Å². The van der Waals surface area contributed by atoms with Crippen molar-refractivity contribution in [2.75, 3.05) is 0 Å². The lowest BCUT2D eigenvalue weighted by Crippen LogP contribution is -2.04. The molecule has 0 radical (unpaired) electrons. The maximum absolute atomic E-state index is 11.6. The molecular formula is C15H22O. The van der Waals surface area contributed by atoms with E-state index in [1.54, 1.807) is 0 Å². The van der Waals surface area contributed by atoms with Crippen LogP contribution in [0.25, 0.3) is 0 Å². The molecule has 0 N–H and O–H groups in total. The summed E-state index contributed by atoms with van der Waals surface area (Å²) in [5.41, 5.74) is 3.85. The van der Waals surface area contributed by atoms with Crippen LogP contribution in [0.5, 0.6) is 0 Å². The van der Waals surface area contributed by atoms with Gasteiger partial charge in [-0.1, -0.05) is 43.2 Å². The van der Waals surface area contributed by atoms with E-state index in [2.05, 4.69) is 45.9 Å². The number of ketones is 1. The summed E-state index contributed by atoms with van der Waals surface area (Å²) in [6.07, 6.45) is 2.28. The summed E-state index contributed by atoms with van der Waals surface area (Å²) >= 11 is 0. The van der Waals surface area contributed by atoms with Crippen LogP contribution in [0.4, 0.5) is 0 Å². The summed E-state index contributed by atoms with van der Waals surface area (Å²) in [6.45, 7) is 8.39.